The second kappa shape index (κ2) is 6.53. The van der Waals surface area contributed by atoms with Gasteiger partial charge >= 0.3 is 0 Å². The maximum Gasteiger partial charge on any atom is 0.0589 e. The van der Waals surface area contributed by atoms with Crippen molar-refractivity contribution >= 4 is 0 Å². The third-order valence-electron chi connectivity index (χ3n) is 4.20. The van der Waals surface area contributed by atoms with Crippen LogP contribution in [0.5, 0.6) is 0 Å². The van der Waals surface area contributed by atoms with Crippen molar-refractivity contribution in [1.29, 1.82) is 0 Å². The van der Waals surface area contributed by atoms with Crippen LogP contribution in [0.3, 0.4) is 0 Å². The van der Waals surface area contributed by atoms with Crippen LogP contribution in [-0.4, -0.2) is 28.5 Å². The molecule has 3 atom stereocenters. The van der Waals surface area contributed by atoms with Gasteiger partial charge in [-0.1, -0.05) is 13.3 Å². The lowest BCUT2D eigenvalue weighted by Crippen LogP contribution is -2.40. The van der Waals surface area contributed by atoms with Gasteiger partial charge in [-0.15, -0.1) is 0 Å². The molecule has 19 heavy (non-hydrogen) atoms. The molecule has 0 saturated carbocycles. The Morgan fingerprint density at radius 2 is 2.37 bits per heavy atom. The Bertz CT molecular complexity index is 400. The standard InChI is InChI=1S/C15H27N3O/c1-5-6-14-9-13(7-8-19-14)17-11(2)15-10-16-18(4)12(15)3/h10-11,13-14,17H,5-9H2,1-4H3. The normalized spacial score (nSPS) is 25.5. The predicted molar refractivity (Wildman–Crippen MR) is 77.2 cm³/mol. The summed E-state index contributed by atoms with van der Waals surface area (Å²) >= 11 is 0. The highest BCUT2D eigenvalue weighted by atomic mass is 16.5. The van der Waals surface area contributed by atoms with Gasteiger partial charge in [-0.25, -0.2) is 0 Å². The average Bonchev–Trinajstić information content (AvgIpc) is 2.71. The molecule has 2 rings (SSSR count). The van der Waals surface area contributed by atoms with E-state index in [0.717, 1.165) is 19.4 Å². The SMILES string of the molecule is CCCC1CC(NC(C)c2cnn(C)c2C)CCO1. The average molecular weight is 265 g/mol. The highest BCUT2D eigenvalue weighted by Crippen LogP contribution is 2.22. The molecule has 1 aliphatic rings. The van der Waals surface area contributed by atoms with Crippen LogP contribution in [0.1, 0.15) is 56.8 Å². The highest BCUT2D eigenvalue weighted by Gasteiger charge is 2.24. The van der Waals surface area contributed by atoms with Crippen molar-refractivity contribution in [3.8, 4) is 0 Å². The molecule has 0 aromatic carbocycles. The molecule has 0 bridgehead atoms. The third-order valence-corrected chi connectivity index (χ3v) is 4.20. The molecule has 108 valence electrons. The molecule has 0 amide bonds. The van der Waals surface area contributed by atoms with Crippen molar-refractivity contribution < 1.29 is 4.74 Å². The van der Waals surface area contributed by atoms with Crippen LogP contribution in [0, 0.1) is 6.92 Å². The molecule has 2 heterocycles. The maximum atomic E-state index is 5.81. The molecule has 0 aliphatic carbocycles. The number of aryl methyl sites for hydroxylation is 1. The quantitative estimate of drug-likeness (QED) is 0.889. The molecule has 4 heteroatoms. The summed E-state index contributed by atoms with van der Waals surface area (Å²) in [7, 11) is 2.00. The molecule has 0 radical (unpaired) electrons. The molecular formula is C15H27N3O. The topological polar surface area (TPSA) is 39.1 Å². The van der Waals surface area contributed by atoms with E-state index in [1.54, 1.807) is 0 Å². The van der Waals surface area contributed by atoms with Gasteiger partial charge in [-0.3, -0.25) is 4.68 Å². The molecule has 1 fully saturated rings. The van der Waals surface area contributed by atoms with Gasteiger partial charge in [0.2, 0.25) is 0 Å². The van der Waals surface area contributed by atoms with Gasteiger partial charge in [-0.2, -0.15) is 5.10 Å². The fraction of sp³-hybridized carbons (Fsp3) is 0.800. The molecule has 3 unspecified atom stereocenters. The molecule has 0 spiro atoms. The summed E-state index contributed by atoms with van der Waals surface area (Å²) in [6.07, 6.45) is 7.06. The first kappa shape index (κ1) is 14.5. The molecular weight excluding hydrogens is 238 g/mol. The van der Waals surface area contributed by atoms with E-state index in [1.807, 2.05) is 17.9 Å². The van der Waals surface area contributed by atoms with Gasteiger partial charge in [0, 0.05) is 37.0 Å². The van der Waals surface area contributed by atoms with Gasteiger partial charge in [0.1, 0.15) is 0 Å². The monoisotopic (exact) mass is 265 g/mol. The van der Waals surface area contributed by atoms with E-state index < -0.39 is 0 Å². The summed E-state index contributed by atoms with van der Waals surface area (Å²) < 4.78 is 7.75. The zero-order valence-corrected chi connectivity index (χ0v) is 12.6. The second-order valence-electron chi connectivity index (χ2n) is 5.70. The molecule has 4 nitrogen and oxygen atoms in total. The number of hydrogen-bond donors (Lipinski definition) is 1. The minimum Gasteiger partial charge on any atom is -0.378 e. The summed E-state index contributed by atoms with van der Waals surface area (Å²) in [6.45, 7) is 7.47. The lowest BCUT2D eigenvalue weighted by Gasteiger charge is -2.32. The Labute approximate surface area is 116 Å². The molecule has 1 N–H and O–H groups in total. The Kier molecular flexibility index (Phi) is 4.99. The predicted octanol–water partition coefficient (Wildman–Crippen LogP) is 2.73. The van der Waals surface area contributed by atoms with E-state index in [4.69, 9.17) is 4.74 Å². The fourth-order valence-corrected chi connectivity index (χ4v) is 2.94. The number of rotatable bonds is 5. The summed E-state index contributed by atoms with van der Waals surface area (Å²) in [5.41, 5.74) is 2.55. The summed E-state index contributed by atoms with van der Waals surface area (Å²) in [5.74, 6) is 0. The summed E-state index contributed by atoms with van der Waals surface area (Å²) in [6, 6.07) is 0.930. The first-order chi connectivity index (χ1) is 9.11. The van der Waals surface area contributed by atoms with Crippen LogP contribution in [0.2, 0.25) is 0 Å². The van der Waals surface area contributed by atoms with Crippen molar-refractivity contribution in [3.63, 3.8) is 0 Å². The van der Waals surface area contributed by atoms with Crippen LogP contribution in [-0.2, 0) is 11.8 Å². The smallest absolute Gasteiger partial charge is 0.0589 e. The van der Waals surface area contributed by atoms with Crippen LogP contribution in [0.15, 0.2) is 6.20 Å². The molecule has 1 aromatic heterocycles. The van der Waals surface area contributed by atoms with Gasteiger partial charge in [-0.05, 0) is 33.1 Å². The highest BCUT2D eigenvalue weighted by molar-refractivity contribution is 5.19. The van der Waals surface area contributed by atoms with E-state index >= 15 is 0 Å². The van der Waals surface area contributed by atoms with Crippen molar-refractivity contribution in [2.45, 2.75) is 64.6 Å². The van der Waals surface area contributed by atoms with E-state index in [9.17, 15) is 0 Å². The van der Waals surface area contributed by atoms with Crippen molar-refractivity contribution in [3.05, 3.63) is 17.5 Å². The number of hydrogen-bond acceptors (Lipinski definition) is 3. The second-order valence-corrected chi connectivity index (χ2v) is 5.70. The Morgan fingerprint density at radius 1 is 1.58 bits per heavy atom. The van der Waals surface area contributed by atoms with Crippen LogP contribution in [0.25, 0.3) is 0 Å². The zero-order valence-electron chi connectivity index (χ0n) is 12.6. The lowest BCUT2D eigenvalue weighted by molar-refractivity contribution is -0.00473. The fourth-order valence-electron chi connectivity index (χ4n) is 2.94. The minimum absolute atomic E-state index is 0.360. The van der Waals surface area contributed by atoms with Gasteiger partial charge < -0.3 is 10.1 Å². The molecule has 1 aliphatic heterocycles. The Morgan fingerprint density at radius 3 is 3.00 bits per heavy atom. The Hall–Kier alpha value is -0.870. The van der Waals surface area contributed by atoms with Gasteiger partial charge in [0.15, 0.2) is 0 Å². The van der Waals surface area contributed by atoms with E-state index in [2.05, 4.69) is 31.2 Å². The Balaban J connectivity index is 1.91. The van der Waals surface area contributed by atoms with Gasteiger partial charge in [0.25, 0.3) is 0 Å². The summed E-state index contributed by atoms with van der Waals surface area (Å²) in [5, 5.41) is 8.07. The summed E-state index contributed by atoms with van der Waals surface area (Å²) in [4.78, 5) is 0. The number of ether oxygens (including phenoxy) is 1. The van der Waals surface area contributed by atoms with Crippen LogP contribution in [0.4, 0.5) is 0 Å². The van der Waals surface area contributed by atoms with E-state index in [-0.39, 0.29) is 0 Å². The number of nitrogens with one attached hydrogen (secondary N) is 1. The molecule has 1 aromatic rings. The van der Waals surface area contributed by atoms with Crippen LogP contribution < -0.4 is 5.32 Å². The largest absolute Gasteiger partial charge is 0.378 e. The van der Waals surface area contributed by atoms with Crippen molar-refractivity contribution in [2.75, 3.05) is 6.61 Å². The zero-order chi connectivity index (χ0) is 13.8. The van der Waals surface area contributed by atoms with E-state index in [0.29, 0.717) is 18.2 Å². The first-order valence-corrected chi connectivity index (χ1v) is 7.48. The van der Waals surface area contributed by atoms with Crippen LogP contribution >= 0.6 is 0 Å². The number of nitrogens with zero attached hydrogens (tertiary/aromatic N) is 2. The minimum atomic E-state index is 0.360. The lowest BCUT2D eigenvalue weighted by atomic mass is 9.98. The number of aromatic nitrogens is 2. The van der Waals surface area contributed by atoms with E-state index in [1.165, 1.54) is 24.1 Å². The first-order valence-electron chi connectivity index (χ1n) is 7.48. The van der Waals surface area contributed by atoms with Gasteiger partial charge in [0.05, 0.1) is 12.3 Å². The third kappa shape index (κ3) is 3.57. The maximum absolute atomic E-state index is 5.81. The van der Waals surface area contributed by atoms with Crippen molar-refractivity contribution in [2.24, 2.45) is 7.05 Å². The molecule has 1 saturated heterocycles. The van der Waals surface area contributed by atoms with Crippen molar-refractivity contribution in [1.82, 2.24) is 15.1 Å².